The van der Waals surface area contributed by atoms with Crippen LogP contribution in [0, 0.1) is 0 Å². The second-order valence-electron chi connectivity index (χ2n) is 3.18. The Morgan fingerprint density at radius 1 is 1.25 bits per heavy atom. The summed E-state index contributed by atoms with van der Waals surface area (Å²) in [5.41, 5.74) is 1.11. The molecule has 1 aliphatic rings. The molecule has 0 saturated heterocycles. The molecule has 1 amide bonds. The minimum absolute atomic E-state index is 0.0803. The van der Waals surface area contributed by atoms with Gasteiger partial charge in [0, 0.05) is 0 Å². The van der Waals surface area contributed by atoms with Crippen molar-refractivity contribution >= 4 is 6.41 Å². The second-order valence-corrected chi connectivity index (χ2v) is 3.18. The molecule has 2 heteroatoms. The van der Waals surface area contributed by atoms with Gasteiger partial charge in [0.25, 0.3) is 0 Å². The lowest BCUT2D eigenvalue weighted by molar-refractivity contribution is 0.517. The van der Waals surface area contributed by atoms with Gasteiger partial charge in [-0.25, -0.2) is 0 Å². The summed E-state index contributed by atoms with van der Waals surface area (Å²) in [6, 6.07) is 10.0. The summed E-state index contributed by atoms with van der Waals surface area (Å²) >= 11 is 0. The van der Waals surface area contributed by atoms with Gasteiger partial charge in [0.2, 0.25) is 0 Å². The molecule has 0 unspecified atom stereocenters. The quantitative estimate of drug-likeness (QED) is 0.664. The van der Waals surface area contributed by atoms with Crippen LogP contribution in [0.2, 0.25) is 0 Å². The van der Waals surface area contributed by atoms with Gasteiger partial charge in [0.1, 0.15) is 0 Å². The Hall–Kier alpha value is -1.31. The fourth-order valence-electron chi connectivity index (χ4n) is 1.47. The Morgan fingerprint density at radius 3 is 2.42 bits per heavy atom. The zero-order chi connectivity index (χ0) is 8.44. The fraction of sp³-hybridized carbons (Fsp3) is 0.300. The van der Waals surface area contributed by atoms with Crippen LogP contribution in [-0.4, -0.2) is 6.41 Å². The lowest BCUT2D eigenvalue weighted by Gasteiger charge is -2.12. The SMILES string of the molecule is O=[C]NC1(c2ccccc2)CC1. The summed E-state index contributed by atoms with van der Waals surface area (Å²) in [5.74, 6) is 0. The molecule has 1 aromatic rings. The molecule has 12 heavy (non-hydrogen) atoms. The largest absolute Gasteiger partial charge is 0.338 e. The highest BCUT2D eigenvalue weighted by molar-refractivity contribution is 5.52. The van der Waals surface area contributed by atoms with Gasteiger partial charge in [0.15, 0.2) is 0 Å². The summed E-state index contributed by atoms with van der Waals surface area (Å²) in [6.07, 6.45) is 3.84. The van der Waals surface area contributed by atoms with Gasteiger partial charge in [-0.3, -0.25) is 4.79 Å². The minimum atomic E-state index is -0.0803. The molecule has 1 saturated carbocycles. The molecule has 1 aliphatic carbocycles. The number of amides is 1. The Morgan fingerprint density at radius 2 is 1.92 bits per heavy atom. The van der Waals surface area contributed by atoms with Crippen molar-refractivity contribution in [1.82, 2.24) is 5.32 Å². The maximum atomic E-state index is 10.2. The first-order chi connectivity index (χ1) is 5.87. The maximum absolute atomic E-state index is 10.2. The Labute approximate surface area is 71.6 Å². The molecule has 2 rings (SSSR count). The number of hydrogen-bond acceptors (Lipinski definition) is 1. The zero-order valence-corrected chi connectivity index (χ0v) is 6.71. The van der Waals surface area contributed by atoms with Gasteiger partial charge >= 0.3 is 6.41 Å². The number of rotatable bonds is 3. The molecule has 0 aromatic heterocycles. The van der Waals surface area contributed by atoms with E-state index in [2.05, 4.69) is 5.32 Å². The first kappa shape index (κ1) is 7.35. The first-order valence-electron chi connectivity index (χ1n) is 4.07. The van der Waals surface area contributed by atoms with E-state index in [0.717, 1.165) is 12.8 Å². The molecule has 1 radical (unpaired) electrons. The van der Waals surface area contributed by atoms with Gasteiger partial charge < -0.3 is 5.32 Å². The van der Waals surface area contributed by atoms with E-state index in [1.165, 1.54) is 5.56 Å². The number of nitrogens with one attached hydrogen (secondary N) is 1. The van der Waals surface area contributed by atoms with Crippen LogP contribution in [0.1, 0.15) is 18.4 Å². The average molecular weight is 160 g/mol. The predicted molar refractivity (Wildman–Crippen MR) is 46.2 cm³/mol. The van der Waals surface area contributed by atoms with E-state index in [9.17, 15) is 4.79 Å². The first-order valence-corrected chi connectivity index (χ1v) is 4.07. The van der Waals surface area contributed by atoms with Crippen LogP contribution in [0.3, 0.4) is 0 Å². The monoisotopic (exact) mass is 160 g/mol. The van der Waals surface area contributed by atoms with Crippen molar-refractivity contribution in [2.24, 2.45) is 0 Å². The summed E-state index contributed by atoms with van der Waals surface area (Å²) in [7, 11) is 0. The molecule has 1 N–H and O–H groups in total. The lowest BCUT2D eigenvalue weighted by Crippen LogP contribution is -2.26. The van der Waals surface area contributed by atoms with Crippen molar-refractivity contribution in [3.63, 3.8) is 0 Å². The Bertz CT molecular complexity index is 277. The summed E-state index contributed by atoms with van der Waals surface area (Å²) in [6.45, 7) is 0. The number of hydrogen-bond donors (Lipinski definition) is 1. The van der Waals surface area contributed by atoms with Gasteiger partial charge in [-0.2, -0.15) is 0 Å². The van der Waals surface area contributed by atoms with Crippen LogP contribution >= 0.6 is 0 Å². The van der Waals surface area contributed by atoms with Crippen LogP contribution < -0.4 is 5.32 Å². The van der Waals surface area contributed by atoms with Gasteiger partial charge in [-0.15, -0.1) is 0 Å². The van der Waals surface area contributed by atoms with Gasteiger partial charge in [-0.1, -0.05) is 30.3 Å². The Kier molecular flexibility index (Phi) is 1.61. The van der Waals surface area contributed by atoms with E-state index in [-0.39, 0.29) is 5.54 Å². The van der Waals surface area contributed by atoms with E-state index in [1.807, 2.05) is 30.3 Å². The van der Waals surface area contributed by atoms with Crippen molar-refractivity contribution in [3.8, 4) is 0 Å². The molecule has 0 aliphatic heterocycles. The maximum Gasteiger partial charge on any atom is 0.310 e. The number of carbonyl (C=O) groups excluding carboxylic acids is 1. The highest BCUT2D eigenvalue weighted by Crippen LogP contribution is 2.44. The third-order valence-electron chi connectivity index (χ3n) is 2.37. The fourth-order valence-corrected chi connectivity index (χ4v) is 1.47. The van der Waals surface area contributed by atoms with Crippen molar-refractivity contribution in [3.05, 3.63) is 35.9 Å². The summed E-state index contributed by atoms with van der Waals surface area (Å²) in [4.78, 5) is 10.2. The van der Waals surface area contributed by atoms with E-state index in [1.54, 1.807) is 6.41 Å². The number of benzene rings is 1. The minimum Gasteiger partial charge on any atom is -0.338 e. The molecular formula is C10H10NO. The summed E-state index contributed by atoms with van der Waals surface area (Å²) < 4.78 is 0. The molecule has 61 valence electrons. The second kappa shape index (κ2) is 2.63. The molecular weight excluding hydrogens is 150 g/mol. The predicted octanol–water partition coefficient (Wildman–Crippen LogP) is 1.33. The topological polar surface area (TPSA) is 29.1 Å². The smallest absolute Gasteiger partial charge is 0.310 e. The van der Waals surface area contributed by atoms with E-state index in [4.69, 9.17) is 0 Å². The third-order valence-corrected chi connectivity index (χ3v) is 2.37. The van der Waals surface area contributed by atoms with Crippen LogP contribution in [0.5, 0.6) is 0 Å². The zero-order valence-electron chi connectivity index (χ0n) is 6.71. The van der Waals surface area contributed by atoms with Gasteiger partial charge in [-0.05, 0) is 18.4 Å². The standard InChI is InChI=1S/C10H10NO/c12-8-11-10(6-7-10)9-4-2-1-3-5-9/h1-5H,6-7H2,(H,11,12). The van der Waals surface area contributed by atoms with Crippen LogP contribution in [0.25, 0.3) is 0 Å². The lowest BCUT2D eigenvalue weighted by atomic mass is 10.1. The molecule has 0 bridgehead atoms. The molecule has 1 fully saturated rings. The van der Waals surface area contributed by atoms with Crippen LogP contribution in [0.15, 0.2) is 30.3 Å². The molecule has 1 aromatic carbocycles. The van der Waals surface area contributed by atoms with Crippen molar-refractivity contribution in [2.75, 3.05) is 0 Å². The normalized spacial score (nSPS) is 18.3. The average Bonchev–Trinajstić information content (AvgIpc) is 2.88. The van der Waals surface area contributed by atoms with Gasteiger partial charge in [0.05, 0.1) is 5.54 Å². The molecule has 0 spiro atoms. The molecule has 2 nitrogen and oxygen atoms in total. The molecule has 0 atom stereocenters. The van der Waals surface area contributed by atoms with E-state index < -0.39 is 0 Å². The van der Waals surface area contributed by atoms with Crippen LogP contribution in [0.4, 0.5) is 0 Å². The Balaban J connectivity index is 2.25. The van der Waals surface area contributed by atoms with E-state index in [0.29, 0.717) is 0 Å². The highest BCUT2D eigenvalue weighted by atomic mass is 16.1. The summed E-state index contributed by atoms with van der Waals surface area (Å²) in [5, 5.41) is 2.74. The van der Waals surface area contributed by atoms with Crippen LogP contribution in [-0.2, 0) is 10.3 Å². The van der Waals surface area contributed by atoms with Crippen molar-refractivity contribution in [2.45, 2.75) is 18.4 Å². The third kappa shape index (κ3) is 1.09. The van der Waals surface area contributed by atoms with Crippen molar-refractivity contribution < 1.29 is 4.79 Å². The molecule has 0 heterocycles. The highest BCUT2D eigenvalue weighted by Gasteiger charge is 2.43. The van der Waals surface area contributed by atoms with E-state index >= 15 is 0 Å². The van der Waals surface area contributed by atoms with Crippen molar-refractivity contribution in [1.29, 1.82) is 0 Å².